The van der Waals surface area contributed by atoms with Crippen molar-refractivity contribution in [2.24, 2.45) is 18.9 Å². The Morgan fingerprint density at radius 1 is 1.19 bits per heavy atom. The quantitative estimate of drug-likeness (QED) is 0.419. The molecule has 1 saturated heterocycles. The highest BCUT2D eigenvalue weighted by molar-refractivity contribution is 6.08. The molecule has 1 aliphatic carbocycles. The van der Waals surface area contributed by atoms with Gasteiger partial charge in [0, 0.05) is 44.4 Å². The van der Waals surface area contributed by atoms with E-state index in [2.05, 4.69) is 57.6 Å². The molecule has 3 aromatic heterocycles. The number of amides is 1. The normalized spacial score (nSPS) is 24.2. The second kappa shape index (κ2) is 9.41. The standard InChI is InChI=1S/C29H35N7O/c1-20-6-5-10-35(16-20)17-22-12-25(26-30-9-11-36(26)18-22)27(37)32-24-8-4-7-23(13-24)29(14-21(2)15-29)28-33-31-19-34(28)3/h4,7-9,11-13,18-21H,5-6,10,14-17H2,1-3H3,(H,32,37)/t20-,21?,29?/m0/s1. The Morgan fingerprint density at radius 3 is 2.81 bits per heavy atom. The van der Waals surface area contributed by atoms with Gasteiger partial charge in [0.15, 0.2) is 0 Å². The molecule has 1 N–H and O–H groups in total. The van der Waals surface area contributed by atoms with Crippen LogP contribution in [-0.4, -0.2) is 48.0 Å². The zero-order valence-corrected chi connectivity index (χ0v) is 21.9. The number of aryl methyl sites for hydroxylation is 1. The van der Waals surface area contributed by atoms with Gasteiger partial charge in [-0.3, -0.25) is 9.69 Å². The second-order valence-corrected chi connectivity index (χ2v) is 11.3. The summed E-state index contributed by atoms with van der Waals surface area (Å²) in [6.45, 7) is 7.63. The maximum absolute atomic E-state index is 13.6. The fourth-order valence-electron chi connectivity index (χ4n) is 6.52. The maximum Gasteiger partial charge on any atom is 0.259 e. The summed E-state index contributed by atoms with van der Waals surface area (Å²) in [5.41, 5.74) is 4.17. The monoisotopic (exact) mass is 497 g/mol. The van der Waals surface area contributed by atoms with Crippen molar-refractivity contribution in [2.75, 3.05) is 18.4 Å². The van der Waals surface area contributed by atoms with Crippen molar-refractivity contribution in [2.45, 2.75) is 51.5 Å². The Bertz CT molecular complexity index is 1430. The lowest BCUT2D eigenvalue weighted by Crippen LogP contribution is -2.43. The van der Waals surface area contributed by atoms with Gasteiger partial charge in [0.05, 0.1) is 11.0 Å². The van der Waals surface area contributed by atoms with E-state index in [4.69, 9.17) is 0 Å². The molecule has 0 spiro atoms. The Labute approximate surface area is 217 Å². The number of fused-ring (bicyclic) bond motifs is 1. The third-order valence-electron chi connectivity index (χ3n) is 8.14. The highest BCUT2D eigenvalue weighted by Gasteiger charge is 2.48. The number of likely N-dealkylation sites (tertiary alicyclic amines) is 1. The Kier molecular flexibility index (Phi) is 6.07. The molecule has 8 heteroatoms. The third-order valence-corrected chi connectivity index (χ3v) is 8.14. The van der Waals surface area contributed by atoms with Gasteiger partial charge < -0.3 is 14.3 Å². The van der Waals surface area contributed by atoms with E-state index in [1.54, 1.807) is 12.5 Å². The average molecular weight is 498 g/mol. The summed E-state index contributed by atoms with van der Waals surface area (Å²) >= 11 is 0. The molecule has 4 heterocycles. The van der Waals surface area contributed by atoms with Crippen LogP contribution in [0.15, 0.2) is 55.2 Å². The number of anilines is 1. The zero-order chi connectivity index (χ0) is 25.6. The molecule has 1 atom stereocenters. The van der Waals surface area contributed by atoms with Crippen LogP contribution in [0.4, 0.5) is 5.69 Å². The number of nitrogens with one attached hydrogen (secondary N) is 1. The number of piperidine rings is 1. The van der Waals surface area contributed by atoms with Crippen LogP contribution < -0.4 is 5.32 Å². The molecular weight excluding hydrogens is 462 g/mol. The first-order valence-electron chi connectivity index (χ1n) is 13.4. The van der Waals surface area contributed by atoms with Gasteiger partial charge in [-0.05, 0) is 73.4 Å². The van der Waals surface area contributed by atoms with Gasteiger partial charge in [-0.2, -0.15) is 0 Å². The van der Waals surface area contributed by atoms with Crippen LogP contribution in [0.2, 0.25) is 0 Å². The molecule has 2 aliphatic rings. The van der Waals surface area contributed by atoms with Gasteiger partial charge in [0.25, 0.3) is 5.91 Å². The molecule has 1 amide bonds. The molecule has 0 unspecified atom stereocenters. The van der Waals surface area contributed by atoms with Crippen LogP contribution in [0.1, 0.15) is 66.8 Å². The smallest absolute Gasteiger partial charge is 0.259 e. The number of aromatic nitrogens is 5. The van der Waals surface area contributed by atoms with Crippen LogP contribution in [0.5, 0.6) is 0 Å². The minimum Gasteiger partial charge on any atom is -0.322 e. The maximum atomic E-state index is 13.6. The molecule has 2 fully saturated rings. The fraction of sp³-hybridized carbons (Fsp3) is 0.448. The largest absolute Gasteiger partial charge is 0.322 e. The Hall–Kier alpha value is -3.52. The highest BCUT2D eigenvalue weighted by atomic mass is 16.1. The van der Waals surface area contributed by atoms with Crippen molar-refractivity contribution in [1.82, 2.24) is 29.0 Å². The summed E-state index contributed by atoms with van der Waals surface area (Å²) in [6.07, 6.45) is 12.1. The first-order chi connectivity index (χ1) is 17.9. The van der Waals surface area contributed by atoms with Gasteiger partial charge in [-0.1, -0.05) is 26.0 Å². The number of rotatable bonds is 6. The van der Waals surface area contributed by atoms with Crippen molar-refractivity contribution >= 4 is 17.2 Å². The predicted octanol–water partition coefficient (Wildman–Crippen LogP) is 4.66. The topological polar surface area (TPSA) is 80.3 Å². The first kappa shape index (κ1) is 23.9. The van der Waals surface area contributed by atoms with Crippen molar-refractivity contribution in [3.63, 3.8) is 0 Å². The van der Waals surface area contributed by atoms with Crippen LogP contribution in [0.25, 0.3) is 5.65 Å². The molecule has 4 aromatic rings. The van der Waals surface area contributed by atoms with Gasteiger partial charge in [-0.25, -0.2) is 4.98 Å². The van der Waals surface area contributed by atoms with Gasteiger partial charge in [0.1, 0.15) is 17.8 Å². The molecule has 1 aliphatic heterocycles. The number of benzene rings is 1. The van der Waals surface area contributed by atoms with E-state index < -0.39 is 0 Å². The molecule has 0 radical (unpaired) electrons. The van der Waals surface area contributed by atoms with E-state index in [0.717, 1.165) is 49.6 Å². The lowest BCUT2D eigenvalue weighted by atomic mass is 9.58. The molecule has 6 rings (SSSR count). The molecule has 8 nitrogen and oxygen atoms in total. The van der Waals surface area contributed by atoms with E-state index in [0.29, 0.717) is 23.0 Å². The van der Waals surface area contributed by atoms with Crippen LogP contribution in [0, 0.1) is 11.8 Å². The molecule has 192 valence electrons. The number of nitrogens with zero attached hydrogens (tertiary/aromatic N) is 6. The van der Waals surface area contributed by atoms with Crippen molar-refractivity contribution in [1.29, 1.82) is 0 Å². The predicted molar refractivity (Wildman–Crippen MR) is 143 cm³/mol. The summed E-state index contributed by atoms with van der Waals surface area (Å²) < 4.78 is 3.98. The van der Waals surface area contributed by atoms with Gasteiger partial charge >= 0.3 is 0 Å². The van der Waals surface area contributed by atoms with E-state index in [1.807, 2.05) is 40.4 Å². The second-order valence-electron chi connectivity index (χ2n) is 11.3. The summed E-state index contributed by atoms with van der Waals surface area (Å²) in [4.78, 5) is 20.6. The Balaban J connectivity index is 1.28. The lowest BCUT2D eigenvalue weighted by molar-refractivity contribution is 0.102. The van der Waals surface area contributed by atoms with E-state index >= 15 is 0 Å². The summed E-state index contributed by atoms with van der Waals surface area (Å²) in [5, 5.41) is 11.8. The summed E-state index contributed by atoms with van der Waals surface area (Å²) in [6, 6.07) is 10.2. The van der Waals surface area contributed by atoms with Crippen molar-refractivity contribution < 1.29 is 4.79 Å². The van der Waals surface area contributed by atoms with E-state index in [-0.39, 0.29) is 11.3 Å². The molecular formula is C29H35N7O. The SMILES string of the molecule is CC1CC(c2cccc(NC(=O)c3cc(CN4CCC[C@H](C)C4)cn4ccnc34)c2)(c2nncn2C)C1. The van der Waals surface area contributed by atoms with Crippen molar-refractivity contribution in [3.05, 3.63) is 77.8 Å². The highest BCUT2D eigenvalue weighted by Crippen LogP contribution is 2.51. The number of carbonyl (C=O) groups is 1. The van der Waals surface area contributed by atoms with Crippen LogP contribution >= 0.6 is 0 Å². The lowest BCUT2D eigenvalue weighted by Gasteiger charge is -2.46. The molecule has 37 heavy (non-hydrogen) atoms. The number of carbonyl (C=O) groups excluding carboxylic acids is 1. The van der Waals surface area contributed by atoms with Crippen LogP contribution in [0.3, 0.4) is 0 Å². The van der Waals surface area contributed by atoms with Gasteiger partial charge in [0.2, 0.25) is 0 Å². The summed E-state index contributed by atoms with van der Waals surface area (Å²) in [7, 11) is 2.00. The summed E-state index contributed by atoms with van der Waals surface area (Å²) in [5.74, 6) is 2.17. The number of pyridine rings is 1. The first-order valence-corrected chi connectivity index (χ1v) is 13.4. The van der Waals surface area contributed by atoms with Crippen molar-refractivity contribution in [3.8, 4) is 0 Å². The zero-order valence-electron chi connectivity index (χ0n) is 21.9. The average Bonchev–Trinajstić information content (AvgIpc) is 3.50. The fourth-order valence-corrected chi connectivity index (χ4v) is 6.52. The van der Waals surface area contributed by atoms with E-state index in [9.17, 15) is 4.79 Å². The number of hydrogen-bond acceptors (Lipinski definition) is 5. The third kappa shape index (κ3) is 4.44. The molecule has 1 aromatic carbocycles. The van der Waals surface area contributed by atoms with E-state index in [1.165, 1.54) is 18.4 Å². The minimum absolute atomic E-state index is 0.142. The van der Waals surface area contributed by atoms with Crippen LogP contribution in [-0.2, 0) is 19.0 Å². The molecule has 0 bridgehead atoms. The number of hydrogen-bond donors (Lipinski definition) is 1. The number of imidazole rings is 1. The minimum atomic E-state index is -0.173. The molecule has 1 saturated carbocycles. The Morgan fingerprint density at radius 2 is 2.05 bits per heavy atom. The van der Waals surface area contributed by atoms with Gasteiger partial charge in [-0.15, -0.1) is 10.2 Å².